The first-order valence-electron chi connectivity index (χ1n) is 25.6. The molecule has 8 rings (SSSR count). The van der Waals surface area contributed by atoms with Gasteiger partial charge in [-0.25, -0.2) is 44.9 Å². The van der Waals surface area contributed by atoms with E-state index in [2.05, 4.69) is 125 Å². The van der Waals surface area contributed by atoms with E-state index in [4.69, 9.17) is 4.42 Å². The molecule has 0 atom stereocenters. The normalized spacial score (nSPS) is 9.97. The lowest BCUT2D eigenvalue weighted by atomic mass is 10.0. The van der Waals surface area contributed by atoms with E-state index in [1.54, 1.807) is 11.3 Å². The Balaban J connectivity index is 0.000000435. The predicted molar refractivity (Wildman–Crippen MR) is 313 cm³/mol. The van der Waals surface area contributed by atoms with Gasteiger partial charge in [0.1, 0.15) is 34.9 Å². The van der Waals surface area contributed by atoms with Gasteiger partial charge in [-0.3, -0.25) is 15.0 Å². The highest BCUT2D eigenvalue weighted by Crippen LogP contribution is 2.17. The van der Waals surface area contributed by atoms with Gasteiger partial charge in [-0.05, 0) is 240 Å². The maximum absolute atomic E-state index is 5.10. The lowest BCUT2D eigenvalue weighted by molar-refractivity contribution is 0.493. The predicted octanol–water partition coefficient (Wildman–Crippen LogP) is 13.9. The van der Waals surface area contributed by atoms with Gasteiger partial charge >= 0.3 is 0 Å². The van der Waals surface area contributed by atoms with E-state index in [1.165, 1.54) is 54.5 Å². The third-order valence-corrected chi connectivity index (χ3v) is 14.0. The van der Waals surface area contributed by atoms with Crippen molar-refractivity contribution in [3.63, 3.8) is 0 Å². The van der Waals surface area contributed by atoms with E-state index < -0.39 is 0 Å². The number of hydrogen-bond donors (Lipinski definition) is 0. The minimum atomic E-state index is 0.750. The molecule has 16 heteroatoms. The van der Waals surface area contributed by atoms with Crippen LogP contribution in [0.25, 0.3) is 0 Å². The van der Waals surface area contributed by atoms with E-state index in [0.717, 1.165) is 115 Å². The van der Waals surface area contributed by atoms with Crippen molar-refractivity contribution in [2.24, 2.45) is 0 Å². The van der Waals surface area contributed by atoms with Gasteiger partial charge in [-0.15, -0.1) is 11.3 Å². The van der Waals surface area contributed by atoms with Crippen molar-refractivity contribution in [3.8, 4) is 0 Å². The van der Waals surface area contributed by atoms with Crippen LogP contribution >= 0.6 is 11.3 Å². The lowest BCUT2D eigenvalue weighted by Gasteiger charge is -2.09. The SMILES string of the molecule is Cc1nc(C)c(C)c(C)c1C.Cc1nc(C)c(C)c(C)n1.Cc1nc(C)c(C)c(C)n1.Cc1nc(C)c(C)nc1C.Cc1nc(C)c(C)o1.Cc1nc(C)c(C)s1.Cc1nc(C)nc(C)n1.Cc1nnc(C)c(C)c1C. The van der Waals surface area contributed by atoms with E-state index >= 15 is 0 Å². The summed E-state index contributed by atoms with van der Waals surface area (Å²) in [7, 11) is 0. The molecule has 0 aliphatic rings. The molecule has 0 aliphatic heterocycles. The van der Waals surface area contributed by atoms with Crippen LogP contribution in [0, 0.1) is 208 Å². The van der Waals surface area contributed by atoms with Crippen molar-refractivity contribution in [1.82, 2.24) is 70.0 Å². The third-order valence-electron chi connectivity index (χ3n) is 13.0. The molecule has 8 heterocycles. The van der Waals surface area contributed by atoms with Crippen molar-refractivity contribution in [1.29, 1.82) is 0 Å². The van der Waals surface area contributed by atoms with Crippen LogP contribution in [0.3, 0.4) is 0 Å². The molecule has 8 aromatic rings. The molecule has 0 amide bonds. The molecule has 0 saturated carbocycles. The molecular formula is C60H90N14OS. The quantitative estimate of drug-likeness (QED) is 0.139. The summed E-state index contributed by atoms with van der Waals surface area (Å²) in [6.45, 7) is 60.0. The maximum atomic E-state index is 5.10. The van der Waals surface area contributed by atoms with Crippen LogP contribution in [0.15, 0.2) is 4.42 Å². The van der Waals surface area contributed by atoms with Gasteiger partial charge in [-0.1, -0.05) is 0 Å². The second-order valence-corrected chi connectivity index (χ2v) is 20.6. The first-order valence-corrected chi connectivity index (χ1v) is 26.4. The van der Waals surface area contributed by atoms with Crippen LogP contribution in [0.5, 0.6) is 0 Å². The second kappa shape index (κ2) is 31.4. The van der Waals surface area contributed by atoms with Crippen LogP contribution in [0.1, 0.15) is 169 Å². The molecule has 0 aromatic carbocycles. The highest BCUT2D eigenvalue weighted by Gasteiger charge is 2.06. The summed E-state index contributed by atoms with van der Waals surface area (Å²) in [5, 5.41) is 9.14. The van der Waals surface area contributed by atoms with Crippen molar-refractivity contribution >= 4 is 11.3 Å². The highest BCUT2D eigenvalue weighted by molar-refractivity contribution is 7.11. The van der Waals surface area contributed by atoms with Crippen molar-refractivity contribution in [2.45, 2.75) is 208 Å². The van der Waals surface area contributed by atoms with Gasteiger partial charge in [0.2, 0.25) is 0 Å². The molecule has 0 bridgehead atoms. The molecule has 0 aliphatic carbocycles. The molecule has 412 valence electrons. The Hall–Kier alpha value is -6.68. The first-order chi connectivity index (χ1) is 35.1. The Labute approximate surface area is 460 Å². The molecule has 0 fully saturated rings. The molecule has 0 unspecified atom stereocenters. The largest absolute Gasteiger partial charge is 0.446 e. The number of hydrogen-bond acceptors (Lipinski definition) is 16. The number of oxazole rings is 1. The zero-order valence-electron chi connectivity index (χ0n) is 52.1. The molecule has 0 saturated heterocycles. The minimum Gasteiger partial charge on any atom is -0.446 e. The van der Waals surface area contributed by atoms with Crippen molar-refractivity contribution in [3.05, 3.63) is 169 Å². The number of rotatable bonds is 0. The molecule has 76 heavy (non-hydrogen) atoms. The zero-order chi connectivity index (χ0) is 58.6. The van der Waals surface area contributed by atoms with E-state index in [9.17, 15) is 0 Å². The Bertz CT molecular complexity index is 2830. The zero-order valence-corrected chi connectivity index (χ0v) is 52.9. The fourth-order valence-electron chi connectivity index (χ4n) is 6.84. The Morgan fingerprint density at radius 2 is 0.500 bits per heavy atom. The van der Waals surface area contributed by atoms with Crippen molar-refractivity contribution < 1.29 is 4.42 Å². The molecule has 15 nitrogen and oxygen atoms in total. The number of nitrogens with zero attached hydrogens (tertiary/aromatic N) is 14. The summed E-state index contributed by atoms with van der Waals surface area (Å²) >= 11 is 1.76. The molecule has 8 aromatic heterocycles. The Morgan fingerprint density at radius 3 is 0.724 bits per heavy atom. The third kappa shape index (κ3) is 22.7. The molecule has 0 spiro atoms. The van der Waals surface area contributed by atoms with Crippen molar-refractivity contribution in [2.75, 3.05) is 0 Å². The van der Waals surface area contributed by atoms with Crippen LogP contribution in [-0.4, -0.2) is 70.0 Å². The van der Waals surface area contributed by atoms with Gasteiger partial charge in [-0.2, -0.15) is 10.2 Å². The van der Waals surface area contributed by atoms with E-state index in [1.807, 2.05) is 152 Å². The van der Waals surface area contributed by atoms with Crippen LogP contribution in [-0.2, 0) is 0 Å². The smallest absolute Gasteiger partial charge is 0.191 e. The Morgan fingerprint density at radius 1 is 0.224 bits per heavy atom. The first kappa shape index (κ1) is 67.3. The van der Waals surface area contributed by atoms with Crippen LogP contribution in [0.4, 0.5) is 0 Å². The highest BCUT2D eigenvalue weighted by atomic mass is 32.1. The number of aryl methyl sites for hydroxylation is 23. The van der Waals surface area contributed by atoms with Gasteiger partial charge in [0.25, 0.3) is 0 Å². The summed E-state index contributed by atoms with van der Waals surface area (Å²) in [5.74, 6) is 5.77. The monoisotopic (exact) mass is 1050 g/mol. The van der Waals surface area contributed by atoms with Crippen LogP contribution in [0.2, 0.25) is 0 Å². The number of aromatic nitrogens is 14. The van der Waals surface area contributed by atoms with Gasteiger partial charge in [0.05, 0.1) is 50.6 Å². The lowest BCUT2D eigenvalue weighted by Crippen LogP contribution is -1.98. The fourth-order valence-corrected chi connectivity index (χ4v) is 7.66. The van der Waals surface area contributed by atoms with Gasteiger partial charge in [0.15, 0.2) is 5.89 Å². The molecule has 0 N–H and O–H groups in total. The Kier molecular flexibility index (Phi) is 27.8. The maximum Gasteiger partial charge on any atom is 0.191 e. The minimum absolute atomic E-state index is 0.750. The number of thiazole rings is 1. The summed E-state index contributed by atoms with van der Waals surface area (Å²) in [5.41, 5.74) is 24.0. The molecular weight excluding hydrogens is 965 g/mol. The average Bonchev–Trinajstić information content (AvgIpc) is 3.79. The standard InChI is InChI=1S/C10H15N.4C8H12N2.C6H9N3.C6H9NO.C6H9NS/c1-6-7(2)9(4)11-10(5)8(6)3;1-5-6(2)10-8(4)7(3)9-5;2*1-5-6(2)9-8(4)10-7(5)3;1-5-6(2)8(4)10-9-7(5)3;1-4-7-5(2)9-6(3)8-4;2*1-4-5(2)8-6(3)7-4/h1-5H3;4*1-4H3;1-3H3;2*1-3H3. The summed E-state index contributed by atoms with van der Waals surface area (Å²) in [6.07, 6.45) is 0. The fraction of sp³-hybridized carbons (Fsp3) is 0.500. The number of pyridine rings is 1. The van der Waals surface area contributed by atoms with E-state index in [-0.39, 0.29) is 0 Å². The van der Waals surface area contributed by atoms with Gasteiger partial charge < -0.3 is 4.42 Å². The van der Waals surface area contributed by atoms with E-state index in [0.29, 0.717) is 0 Å². The van der Waals surface area contributed by atoms with Gasteiger partial charge in [0, 0.05) is 46.0 Å². The summed E-state index contributed by atoms with van der Waals surface area (Å²) in [6, 6.07) is 0. The summed E-state index contributed by atoms with van der Waals surface area (Å²) in [4.78, 5) is 51.6. The average molecular weight is 1060 g/mol. The van der Waals surface area contributed by atoms with Crippen LogP contribution < -0.4 is 0 Å². The second-order valence-electron chi connectivity index (χ2n) is 19.2. The molecule has 0 radical (unpaired) electrons. The summed E-state index contributed by atoms with van der Waals surface area (Å²) < 4.78 is 5.10. The topological polar surface area (TPSA) is 194 Å².